The van der Waals surface area contributed by atoms with Gasteiger partial charge in [-0.1, -0.05) is 0 Å². The monoisotopic (exact) mass is 195 g/mol. The molecule has 13 heavy (non-hydrogen) atoms. The highest BCUT2D eigenvalue weighted by atomic mass is 32.1. The summed E-state index contributed by atoms with van der Waals surface area (Å²) in [6, 6.07) is 1.86. The van der Waals surface area contributed by atoms with Crippen LogP contribution in [0.5, 0.6) is 0 Å². The lowest BCUT2D eigenvalue weighted by Gasteiger charge is -2.10. The van der Waals surface area contributed by atoms with Gasteiger partial charge in [-0.3, -0.25) is 10.8 Å². The first kappa shape index (κ1) is 8.43. The Morgan fingerprint density at radius 1 is 1.62 bits per heavy atom. The molecule has 0 aliphatic rings. The lowest BCUT2D eigenvalue weighted by molar-refractivity contribution is 0.554. The number of hydrogen-bond donors (Lipinski definition) is 2. The molecule has 0 saturated carbocycles. The van der Waals surface area contributed by atoms with Crippen molar-refractivity contribution >= 4 is 11.3 Å². The first-order valence-corrected chi connectivity index (χ1v) is 4.66. The van der Waals surface area contributed by atoms with Crippen molar-refractivity contribution in [2.24, 2.45) is 5.84 Å². The molecule has 5 heteroatoms. The lowest BCUT2D eigenvalue weighted by atomic mass is 10.1. The summed E-state index contributed by atoms with van der Waals surface area (Å²) in [4.78, 5) is 5.07. The van der Waals surface area contributed by atoms with E-state index in [0.717, 1.165) is 10.4 Å². The molecule has 0 radical (unpaired) electrons. The topological polar surface area (TPSA) is 64.1 Å². The zero-order chi connectivity index (χ0) is 9.10. The van der Waals surface area contributed by atoms with E-state index < -0.39 is 0 Å². The van der Waals surface area contributed by atoms with Crippen LogP contribution in [0.2, 0.25) is 0 Å². The molecule has 0 saturated heterocycles. The second-order valence-electron chi connectivity index (χ2n) is 2.56. The Labute approximate surface area is 79.4 Å². The Hall–Kier alpha value is -1.17. The summed E-state index contributed by atoms with van der Waals surface area (Å²) < 4.78 is 4.98. The molecule has 2 aromatic heterocycles. The zero-order valence-electron chi connectivity index (χ0n) is 6.81. The van der Waals surface area contributed by atoms with Crippen LogP contribution in [0.3, 0.4) is 0 Å². The maximum Gasteiger partial charge on any atom is 0.0954 e. The molecule has 3 N–H and O–H groups in total. The van der Waals surface area contributed by atoms with Gasteiger partial charge in [0, 0.05) is 16.6 Å². The summed E-state index contributed by atoms with van der Waals surface area (Å²) in [6.45, 7) is 0. The minimum atomic E-state index is -0.0220. The van der Waals surface area contributed by atoms with Crippen LogP contribution < -0.4 is 11.3 Å². The van der Waals surface area contributed by atoms with E-state index in [2.05, 4.69) is 10.4 Å². The van der Waals surface area contributed by atoms with Crippen molar-refractivity contribution in [3.8, 4) is 0 Å². The van der Waals surface area contributed by atoms with Crippen molar-refractivity contribution in [1.29, 1.82) is 0 Å². The van der Waals surface area contributed by atoms with Gasteiger partial charge in [0.2, 0.25) is 0 Å². The second kappa shape index (κ2) is 3.69. The molecule has 0 bridgehead atoms. The molecule has 2 heterocycles. The van der Waals surface area contributed by atoms with E-state index in [1.165, 1.54) is 0 Å². The van der Waals surface area contributed by atoms with Crippen molar-refractivity contribution < 1.29 is 4.42 Å². The molecule has 68 valence electrons. The van der Waals surface area contributed by atoms with Crippen LogP contribution in [0.1, 0.15) is 16.5 Å². The van der Waals surface area contributed by atoms with Crippen LogP contribution in [0.15, 0.2) is 34.7 Å². The van der Waals surface area contributed by atoms with Gasteiger partial charge in [0.15, 0.2) is 0 Å². The van der Waals surface area contributed by atoms with Crippen molar-refractivity contribution in [3.05, 3.63) is 40.7 Å². The highest BCUT2D eigenvalue weighted by Crippen LogP contribution is 2.23. The number of rotatable bonds is 3. The average Bonchev–Trinajstić information content (AvgIpc) is 2.76. The molecule has 1 atom stereocenters. The van der Waals surface area contributed by atoms with Crippen molar-refractivity contribution in [2.75, 3.05) is 0 Å². The van der Waals surface area contributed by atoms with E-state index in [1.807, 2.05) is 6.07 Å². The van der Waals surface area contributed by atoms with Gasteiger partial charge < -0.3 is 4.42 Å². The van der Waals surface area contributed by atoms with Crippen molar-refractivity contribution in [3.63, 3.8) is 0 Å². The number of nitrogens with two attached hydrogens (primary N) is 1. The van der Waals surface area contributed by atoms with Crippen molar-refractivity contribution in [1.82, 2.24) is 10.4 Å². The fraction of sp³-hybridized carbons (Fsp3) is 0.125. The number of thiazole rings is 1. The SMILES string of the molecule is NNC(c1ccoc1)c1cncs1. The normalized spacial score (nSPS) is 13.0. The van der Waals surface area contributed by atoms with Gasteiger partial charge in [0.1, 0.15) is 0 Å². The van der Waals surface area contributed by atoms with Gasteiger partial charge in [0.05, 0.1) is 24.1 Å². The molecule has 0 aliphatic heterocycles. The number of furan rings is 1. The molecule has 0 fully saturated rings. The van der Waals surface area contributed by atoms with Crippen LogP contribution in [-0.4, -0.2) is 4.98 Å². The predicted octanol–water partition coefficient (Wildman–Crippen LogP) is 1.29. The van der Waals surface area contributed by atoms with E-state index in [0.29, 0.717) is 0 Å². The minimum absolute atomic E-state index is 0.0220. The molecule has 1 unspecified atom stereocenters. The third-order valence-corrected chi connectivity index (χ3v) is 2.62. The van der Waals surface area contributed by atoms with E-state index in [1.54, 1.807) is 35.6 Å². The van der Waals surface area contributed by atoms with E-state index >= 15 is 0 Å². The summed E-state index contributed by atoms with van der Waals surface area (Å²) in [7, 11) is 0. The summed E-state index contributed by atoms with van der Waals surface area (Å²) in [5.74, 6) is 5.44. The smallest absolute Gasteiger partial charge is 0.0954 e. The Morgan fingerprint density at radius 2 is 2.54 bits per heavy atom. The largest absolute Gasteiger partial charge is 0.472 e. The Bertz CT molecular complexity index is 309. The van der Waals surface area contributed by atoms with Gasteiger partial charge in [-0.25, -0.2) is 5.43 Å². The third kappa shape index (κ3) is 1.62. The van der Waals surface area contributed by atoms with E-state index in [-0.39, 0.29) is 6.04 Å². The Morgan fingerprint density at radius 3 is 3.08 bits per heavy atom. The highest BCUT2D eigenvalue weighted by molar-refractivity contribution is 7.09. The Balaban J connectivity index is 2.29. The van der Waals surface area contributed by atoms with Crippen LogP contribution in [-0.2, 0) is 0 Å². The summed E-state index contributed by atoms with van der Waals surface area (Å²) in [5, 5.41) is 0. The molecule has 0 aliphatic carbocycles. The molecule has 0 spiro atoms. The van der Waals surface area contributed by atoms with Crippen LogP contribution in [0.25, 0.3) is 0 Å². The number of hydrogen-bond acceptors (Lipinski definition) is 5. The number of nitrogens with zero attached hydrogens (tertiary/aromatic N) is 1. The Kier molecular flexibility index (Phi) is 2.40. The average molecular weight is 195 g/mol. The molecular weight excluding hydrogens is 186 g/mol. The standard InChI is InChI=1S/C8H9N3OS/c9-11-8(6-1-2-12-4-6)7-3-10-5-13-7/h1-5,8,11H,9H2. The predicted molar refractivity (Wildman–Crippen MR) is 50.0 cm³/mol. The minimum Gasteiger partial charge on any atom is -0.472 e. The van der Waals surface area contributed by atoms with Gasteiger partial charge in [-0.2, -0.15) is 0 Å². The van der Waals surface area contributed by atoms with Gasteiger partial charge in [-0.15, -0.1) is 11.3 Å². The van der Waals surface area contributed by atoms with E-state index in [4.69, 9.17) is 10.3 Å². The van der Waals surface area contributed by atoms with Crippen LogP contribution in [0.4, 0.5) is 0 Å². The molecule has 0 amide bonds. The number of hydrazine groups is 1. The molecule has 2 rings (SSSR count). The fourth-order valence-corrected chi connectivity index (χ4v) is 1.86. The molecule has 0 aromatic carbocycles. The van der Waals surface area contributed by atoms with Crippen LogP contribution in [0, 0.1) is 0 Å². The first-order valence-electron chi connectivity index (χ1n) is 3.78. The molecule has 4 nitrogen and oxygen atoms in total. The maximum absolute atomic E-state index is 5.44. The lowest BCUT2D eigenvalue weighted by Crippen LogP contribution is -2.27. The molecule has 2 aromatic rings. The summed E-state index contributed by atoms with van der Waals surface area (Å²) >= 11 is 1.56. The highest BCUT2D eigenvalue weighted by Gasteiger charge is 2.14. The summed E-state index contributed by atoms with van der Waals surface area (Å²) in [5.41, 5.74) is 5.50. The third-order valence-electron chi connectivity index (χ3n) is 1.78. The van der Waals surface area contributed by atoms with Gasteiger partial charge >= 0.3 is 0 Å². The van der Waals surface area contributed by atoms with Gasteiger partial charge in [0.25, 0.3) is 0 Å². The maximum atomic E-state index is 5.44. The second-order valence-corrected chi connectivity index (χ2v) is 3.48. The summed E-state index contributed by atoms with van der Waals surface area (Å²) in [6.07, 6.45) is 5.09. The first-order chi connectivity index (χ1) is 6.42. The number of aromatic nitrogens is 1. The van der Waals surface area contributed by atoms with E-state index in [9.17, 15) is 0 Å². The fourth-order valence-electron chi connectivity index (χ4n) is 1.15. The van der Waals surface area contributed by atoms with Gasteiger partial charge in [-0.05, 0) is 6.07 Å². The van der Waals surface area contributed by atoms with Crippen LogP contribution >= 0.6 is 11.3 Å². The van der Waals surface area contributed by atoms with Crippen molar-refractivity contribution in [2.45, 2.75) is 6.04 Å². The zero-order valence-corrected chi connectivity index (χ0v) is 7.62. The number of nitrogens with one attached hydrogen (secondary N) is 1. The molecular formula is C8H9N3OS. The quantitative estimate of drug-likeness (QED) is 0.572.